The molecule has 0 bridgehead atoms. The molecule has 0 radical (unpaired) electrons. The first kappa shape index (κ1) is 22.7. The third-order valence-electron chi connectivity index (χ3n) is 4.69. The van der Waals surface area contributed by atoms with Gasteiger partial charge in [-0.3, -0.25) is 14.5 Å². The molecule has 3 aromatic carbocycles. The minimum atomic E-state index is -0.339. The summed E-state index contributed by atoms with van der Waals surface area (Å²) in [4.78, 5) is 26.7. The van der Waals surface area contributed by atoms with Crippen LogP contribution in [0.15, 0.2) is 71.6 Å². The van der Waals surface area contributed by atoms with Crippen LogP contribution in [-0.4, -0.2) is 16.0 Å². The minimum Gasteiger partial charge on any atom is -0.489 e. The Balaban J connectivity index is 1.40. The zero-order chi connectivity index (χ0) is 22.7. The summed E-state index contributed by atoms with van der Waals surface area (Å²) in [5, 5.41) is 1.16. The van der Waals surface area contributed by atoms with Gasteiger partial charge in [0.15, 0.2) is 0 Å². The quantitative estimate of drug-likeness (QED) is 0.327. The zero-order valence-corrected chi connectivity index (χ0v) is 19.6. The number of carbonyl (C=O) groups excluding carboxylic acids is 2. The molecule has 4 rings (SSSR count). The highest BCUT2D eigenvalue weighted by molar-refractivity contribution is 8.18. The molecule has 1 heterocycles. The summed E-state index contributed by atoms with van der Waals surface area (Å²) in [7, 11) is 0. The fourth-order valence-electron chi connectivity index (χ4n) is 3.02. The van der Waals surface area contributed by atoms with Crippen molar-refractivity contribution in [3.8, 4) is 5.75 Å². The summed E-state index contributed by atoms with van der Waals surface area (Å²) in [5.74, 6) is 0.360. The molecule has 1 fully saturated rings. The molecule has 3 aromatic rings. The van der Waals surface area contributed by atoms with Gasteiger partial charge in [0.05, 0.1) is 21.5 Å². The van der Waals surface area contributed by atoms with Gasteiger partial charge in [0.2, 0.25) is 0 Å². The van der Waals surface area contributed by atoms with Gasteiger partial charge in [0, 0.05) is 5.02 Å². The van der Waals surface area contributed by atoms with Crippen molar-refractivity contribution in [2.75, 3.05) is 0 Å². The fourth-order valence-corrected chi connectivity index (χ4v) is 4.30. The number of hydrogen-bond acceptors (Lipinski definition) is 4. The molecule has 1 aliphatic rings. The van der Waals surface area contributed by atoms with Crippen molar-refractivity contribution in [1.29, 1.82) is 0 Å². The molecule has 162 valence electrons. The highest BCUT2D eigenvalue weighted by atomic mass is 35.5. The van der Waals surface area contributed by atoms with Crippen LogP contribution < -0.4 is 4.74 Å². The Morgan fingerprint density at radius 1 is 0.844 bits per heavy atom. The largest absolute Gasteiger partial charge is 0.489 e. The summed E-state index contributed by atoms with van der Waals surface area (Å²) in [6.07, 6.45) is 1.70. The van der Waals surface area contributed by atoms with Crippen molar-refractivity contribution < 1.29 is 14.3 Å². The highest BCUT2D eigenvalue weighted by Gasteiger charge is 2.35. The standard InChI is InChI=1S/C24H16Cl3NO3S/c25-18-6-1-16(2-7-18)14-31-19-8-3-15(4-9-19)12-22-23(29)28(24(30)32-22)13-17-5-10-20(26)21(27)11-17/h1-12H,13-14H2/b22-12-. The summed E-state index contributed by atoms with van der Waals surface area (Å²) in [5.41, 5.74) is 2.53. The fraction of sp³-hybridized carbons (Fsp3) is 0.0833. The Bertz CT molecular complexity index is 1190. The summed E-state index contributed by atoms with van der Waals surface area (Å²) < 4.78 is 5.78. The molecule has 4 nitrogen and oxygen atoms in total. The highest BCUT2D eigenvalue weighted by Crippen LogP contribution is 2.34. The Hall–Kier alpha value is -2.44. The van der Waals surface area contributed by atoms with Gasteiger partial charge in [-0.25, -0.2) is 0 Å². The molecule has 1 aliphatic heterocycles. The van der Waals surface area contributed by atoms with Crippen LogP contribution in [0.25, 0.3) is 6.08 Å². The van der Waals surface area contributed by atoms with Crippen molar-refractivity contribution in [3.05, 3.63) is 103 Å². The molecule has 0 aliphatic carbocycles. The van der Waals surface area contributed by atoms with Gasteiger partial charge < -0.3 is 4.74 Å². The van der Waals surface area contributed by atoms with Gasteiger partial charge in [-0.2, -0.15) is 0 Å². The van der Waals surface area contributed by atoms with E-state index in [1.165, 1.54) is 4.90 Å². The predicted molar refractivity (Wildman–Crippen MR) is 130 cm³/mol. The first-order valence-electron chi connectivity index (χ1n) is 9.55. The number of hydrogen-bond donors (Lipinski definition) is 0. The molecule has 32 heavy (non-hydrogen) atoms. The molecular formula is C24H16Cl3NO3S. The second-order valence-electron chi connectivity index (χ2n) is 7.00. The normalized spacial score (nSPS) is 15.0. The smallest absolute Gasteiger partial charge is 0.293 e. The first-order chi connectivity index (χ1) is 15.4. The molecule has 0 spiro atoms. The van der Waals surface area contributed by atoms with Crippen LogP contribution in [0.3, 0.4) is 0 Å². The van der Waals surface area contributed by atoms with Crippen molar-refractivity contribution in [2.45, 2.75) is 13.2 Å². The Kier molecular flexibility index (Phi) is 7.11. The molecule has 0 N–H and O–H groups in total. The number of halogens is 3. The summed E-state index contributed by atoms with van der Waals surface area (Å²) in [6, 6.07) is 19.8. The van der Waals surface area contributed by atoms with E-state index in [9.17, 15) is 9.59 Å². The van der Waals surface area contributed by atoms with E-state index in [1.807, 2.05) is 48.5 Å². The van der Waals surface area contributed by atoms with Gasteiger partial charge >= 0.3 is 0 Å². The van der Waals surface area contributed by atoms with E-state index in [-0.39, 0.29) is 17.7 Å². The van der Waals surface area contributed by atoms with Gasteiger partial charge in [0.25, 0.3) is 11.1 Å². The predicted octanol–water partition coefficient (Wildman–Crippen LogP) is 7.46. The topological polar surface area (TPSA) is 46.6 Å². The van der Waals surface area contributed by atoms with Crippen molar-refractivity contribution in [1.82, 2.24) is 4.90 Å². The minimum absolute atomic E-state index is 0.135. The Labute approximate surface area is 204 Å². The lowest BCUT2D eigenvalue weighted by Crippen LogP contribution is -2.27. The molecule has 0 saturated carbocycles. The van der Waals surface area contributed by atoms with E-state index in [0.717, 1.165) is 28.5 Å². The van der Waals surface area contributed by atoms with Gasteiger partial charge in [0.1, 0.15) is 12.4 Å². The second kappa shape index (κ2) is 10.0. The lowest BCUT2D eigenvalue weighted by atomic mass is 10.2. The van der Waals surface area contributed by atoms with Gasteiger partial charge in [-0.1, -0.05) is 65.1 Å². The molecular weight excluding hydrogens is 489 g/mol. The molecule has 8 heteroatoms. The third-order valence-corrected chi connectivity index (χ3v) is 6.59. The van der Waals surface area contributed by atoms with Crippen LogP contribution in [0.2, 0.25) is 15.1 Å². The van der Waals surface area contributed by atoms with Crippen molar-refractivity contribution >= 4 is 63.8 Å². The maximum Gasteiger partial charge on any atom is 0.293 e. The van der Waals surface area contributed by atoms with Crippen molar-refractivity contribution in [2.24, 2.45) is 0 Å². The van der Waals surface area contributed by atoms with E-state index < -0.39 is 0 Å². The van der Waals surface area contributed by atoms with E-state index in [4.69, 9.17) is 39.5 Å². The average Bonchev–Trinajstić information content (AvgIpc) is 3.04. The number of thioether (sulfide) groups is 1. The van der Waals surface area contributed by atoms with E-state index >= 15 is 0 Å². The summed E-state index contributed by atoms with van der Waals surface area (Å²) >= 11 is 18.8. The maximum atomic E-state index is 12.7. The number of imide groups is 1. The number of amides is 2. The lowest BCUT2D eigenvalue weighted by molar-refractivity contribution is -0.123. The van der Waals surface area contributed by atoms with Crippen LogP contribution in [0.1, 0.15) is 16.7 Å². The molecule has 1 saturated heterocycles. The molecule has 2 amide bonds. The van der Waals surface area contributed by atoms with Crippen LogP contribution in [0, 0.1) is 0 Å². The van der Waals surface area contributed by atoms with Crippen LogP contribution in [0.4, 0.5) is 4.79 Å². The maximum absolute atomic E-state index is 12.7. The Morgan fingerprint density at radius 3 is 2.22 bits per heavy atom. The Morgan fingerprint density at radius 2 is 1.53 bits per heavy atom. The molecule has 0 atom stereocenters. The first-order valence-corrected chi connectivity index (χ1v) is 11.5. The number of rotatable bonds is 6. The number of nitrogens with zero attached hydrogens (tertiary/aromatic N) is 1. The van der Waals surface area contributed by atoms with E-state index in [2.05, 4.69) is 0 Å². The lowest BCUT2D eigenvalue weighted by Gasteiger charge is -2.12. The zero-order valence-electron chi connectivity index (χ0n) is 16.6. The van der Waals surface area contributed by atoms with Crippen molar-refractivity contribution in [3.63, 3.8) is 0 Å². The number of carbonyl (C=O) groups is 2. The average molecular weight is 505 g/mol. The number of benzene rings is 3. The molecule has 0 unspecified atom stereocenters. The van der Waals surface area contributed by atoms with Crippen LogP contribution >= 0.6 is 46.6 Å². The van der Waals surface area contributed by atoms with Gasteiger partial charge in [-0.15, -0.1) is 0 Å². The molecule has 0 aromatic heterocycles. The SMILES string of the molecule is O=C1S/C(=C\c2ccc(OCc3ccc(Cl)cc3)cc2)C(=O)N1Cc1ccc(Cl)c(Cl)c1. The van der Waals surface area contributed by atoms with E-state index in [0.29, 0.717) is 32.3 Å². The monoisotopic (exact) mass is 503 g/mol. The number of ether oxygens (including phenoxy) is 1. The summed E-state index contributed by atoms with van der Waals surface area (Å²) in [6.45, 7) is 0.556. The van der Waals surface area contributed by atoms with Crippen LogP contribution in [-0.2, 0) is 17.9 Å². The van der Waals surface area contributed by atoms with Crippen LogP contribution in [0.5, 0.6) is 5.75 Å². The van der Waals surface area contributed by atoms with E-state index in [1.54, 1.807) is 24.3 Å². The second-order valence-corrected chi connectivity index (χ2v) is 9.24. The third kappa shape index (κ3) is 5.48. The van der Waals surface area contributed by atoms with Gasteiger partial charge in [-0.05, 0) is 70.9 Å².